The minimum absolute atomic E-state index is 0.0931. The number of benzene rings is 1. The van der Waals surface area contributed by atoms with E-state index in [1.54, 1.807) is 13.0 Å². The van der Waals surface area contributed by atoms with Crippen LogP contribution in [0.3, 0.4) is 0 Å². The number of sulfonamides is 1. The zero-order valence-electron chi connectivity index (χ0n) is 14.1. The summed E-state index contributed by atoms with van der Waals surface area (Å²) in [6.45, 7) is 0.706. The van der Waals surface area contributed by atoms with Crippen LogP contribution < -0.4 is 4.74 Å². The maximum absolute atomic E-state index is 13.2. The first-order valence-corrected chi connectivity index (χ1v) is 11.0. The van der Waals surface area contributed by atoms with Gasteiger partial charge in [0.15, 0.2) is 9.84 Å². The highest BCUT2D eigenvalue weighted by atomic mass is 32.2. The van der Waals surface area contributed by atoms with Gasteiger partial charge in [0.2, 0.25) is 10.0 Å². The van der Waals surface area contributed by atoms with E-state index in [9.17, 15) is 21.9 Å². The Kier molecular flexibility index (Phi) is 6.10. The Morgan fingerprint density at radius 2 is 2.08 bits per heavy atom. The summed E-state index contributed by atoms with van der Waals surface area (Å²) in [4.78, 5) is -0.0931. The van der Waals surface area contributed by atoms with E-state index in [1.165, 1.54) is 19.2 Å². The molecule has 1 aromatic carbocycles. The molecule has 1 heterocycles. The first-order chi connectivity index (χ1) is 11.6. The van der Waals surface area contributed by atoms with Gasteiger partial charge in [0.25, 0.3) is 0 Å². The molecule has 0 saturated carbocycles. The molecule has 2 N–H and O–H groups in total. The van der Waals surface area contributed by atoms with Gasteiger partial charge >= 0.3 is 0 Å². The molecule has 1 fully saturated rings. The summed E-state index contributed by atoms with van der Waals surface area (Å²) in [5, 5.41) is 18.9. The van der Waals surface area contributed by atoms with Crippen molar-refractivity contribution in [3.63, 3.8) is 0 Å². The smallest absolute Gasteiger partial charge is 0.247 e. The first-order valence-electron chi connectivity index (χ1n) is 7.76. The minimum Gasteiger partial charge on any atom is -0.495 e. The molecule has 0 spiro atoms. The van der Waals surface area contributed by atoms with Gasteiger partial charge in [0.05, 0.1) is 31.3 Å². The molecular formula is C15H23NO7S2. The van der Waals surface area contributed by atoms with Gasteiger partial charge in [0.1, 0.15) is 10.6 Å². The van der Waals surface area contributed by atoms with Crippen molar-refractivity contribution in [1.82, 2.24) is 4.31 Å². The molecule has 0 aromatic heterocycles. The molecule has 25 heavy (non-hydrogen) atoms. The average Bonchev–Trinajstić information content (AvgIpc) is 2.91. The third-order valence-electron chi connectivity index (χ3n) is 4.12. The fourth-order valence-corrected chi connectivity index (χ4v) is 6.58. The first kappa shape index (κ1) is 20.1. The summed E-state index contributed by atoms with van der Waals surface area (Å²) in [7, 11) is -6.12. The molecule has 2 atom stereocenters. The Balaban J connectivity index is 2.50. The number of ether oxygens (including phenoxy) is 1. The van der Waals surface area contributed by atoms with E-state index in [4.69, 9.17) is 9.84 Å². The second-order valence-electron chi connectivity index (χ2n) is 6.12. The summed E-state index contributed by atoms with van der Waals surface area (Å²) in [6, 6.07) is 3.87. The number of aliphatic hydroxyl groups excluding tert-OH is 2. The van der Waals surface area contributed by atoms with E-state index in [1.807, 2.05) is 0 Å². The number of rotatable bonds is 7. The minimum atomic E-state index is -4.13. The van der Waals surface area contributed by atoms with Crippen LogP contribution in [-0.4, -0.2) is 75.3 Å². The third kappa shape index (κ3) is 4.50. The quantitative estimate of drug-likeness (QED) is 0.642. The lowest BCUT2D eigenvalue weighted by atomic mass is 10.2. The fourth-order valence-electron chi connectivity index (χ4n) is 2.82. The highest BCUT2D eigenvalue weighted by Gasteiger charge is 2.40. The van der Waals surface area contributed by atoms with Gasteiger partial charge in [-0.2, -0.15) is 4.31 Å². The number of methoxy groups -OCH3 is 1. The lowest BCUT2D eigenvalue weighted by molar-refractivity contribution is 0.0729. The van der Waals surface area contributed by atoms with Crippen LogP contribution in [0.5, 0.6) is 5.75 Å². The largest absolute Gasteiger partial charge is 0.495 e. The number of hydrogen-bond donors (Lipinski definition) is 2. The topological polar surface area (TPSA) is 121 Å². The van der Waals surface area contributed by atoms with E-state index in [0.29, 0.717) is 5.56 Å². The predicted octanol–water partition coefficient (Wildman–Crippen LogP) is -0.465. The van der Waals surface area contributed by atoms with Crippen molar-refractivity contribution in [3.8, 4) is 5.75 Å². The van der Waals surface area contributed by atoms with E-state index >= 15 is 0 Å². The Hall–Kier alpha value is -1.20. The normalized spacial score (nSPS) is 21.4. The molecule has 0 unspecified atom stereocenters. The van der Waals surface area contributed by atoms with Crippen molar-refractivity contribution in [2.24, 2.45) is 0 Å². The van der Waals surface area contributed by atoms with Crippen LogP contribution in [0.2, 0.25) is 0 Å². The number of aliphatic hydroxyl groups is 2. The molecule has 1 aromatic rings. The van der Waals surface area contributed by atoms with Crippen LogP contribution in [0.15, 0.2) is 23.1 Å². The van der Waals surface area contributed by atoms with Crippen molar-refractivity contribution in [1.29, 1.82) is 0 Å². The molecule has 0 amide bonds. The highest BCUT2D eigenvalue weighted by Crippen LogP contribution is 2.31. The van der Waals surface area contributed by atoms with Crippen LogP contribution in [0.1, 0.15) is 12.0 Å². The van der Waals surface area contributed by atoms with Crippen LogP contribution in [0.25, 0.3) is 0 Å². The van der Waals surface area contributed by atoms with Crippen molar-refractivity contribution in [2.45, 2.75) is 30.4 Å². The lowest BCUT2D eigenvalue weighted by Gasteiger charge is -2.29. The van der Waals surface area contributed by atoms with Gasteiger partial charge < -0.3 is 14.9 Å². The van der Waals surface area contributed by atoms with Gasteiger partial charge in [-0.05, 0) is 31.0 Å². The second kappa shape index (κ2) is 7.58. The van der Waals surface area contributed by atoms with Crippen molar-refractivity contribution in [2.75, 3.05) is 31.8 Å². The summed E-state index contributed by atoms with van der Waals surface area (Å²) >= 11 is 0. The third-order valence-corrected chi connectivity index (χ3v) is 7.81. The van der Waals surface area contributed by atoms with Crippen molar-refractivity contribution < 1.29 is 31.8 Å². The van der Waals surface area contributed by atoms with E-state index in [0.717, 1.165) is 4.31 Å². The van der Waals surface area contributed by atoms with E-state index < -0.39 is 45.2 Å². The standard InChI is InChI=1S/C15H23NO7S2/c1-11-3-4-14(23-2)15(7-11)25(21,22)16(8-13(18)9-17)12-5-6-24(19,20)10-12/h3-4,7,12-13,17-18H,5-6,8-10H2,1-2H3/t12-,13+/m1/s1. The van der Waals surface area contributed by atoms with Crippen molar-refractivity contribution in [3.05, 3.63) is 23.8 Å². The summed E-state index contributed by atoms with van der Waals surface area (Å²) in [5.74, 6) is -0.280. The zero-order chi connectivity index (χ0) is 18.8. The average molecular weight is 393 g/mol. The molecule has 2 rings (SSSR count). The molecule has 10 heteroatoms. The number of aryl methyl sites for hydroxylation is 1. The Labute approximate surface area is 148 Å². The van der Waals surface area contributed by atoms with Crippen LogP contribution in [-0.2, 0) is 19.9 Å². The summed E-state index contributed by atoms with van der Waals surface area (Å²) in [5.41, 5.74) is 0.695. The SMILES string of the molecule is COc1ccc(C)cc1S(=O)(=O)N(C[C@H](O)CO)[C@@H]1CCS(=O)(=O)C1. The molecule has 1 aliphatic heterocycles. The predicted molar refractivity (Wildman–Crippen MR) is 91.8 cm³/mol. The van der Waals surface area contributed by atoms with Crippen LogP contribution in [0.4, 0.5) is 0 Å². The Morgan fingerprint density at radius 3 is 2.60 bits per heavy atom. The highest BCUT2D eigenvalue weighted by molar-refractivity contribution is 7.92. The van der Waals surface area contributed by atoms with Crippen LogP contribution >= 0.6 is 0 Å². The fraction of sp³-hybridized carbons (Fsp3) is 0.600. The number of sulfone groups is 1. The van der Waals surface area contributed by atoms with Gasteiger partial charge in [-0.1, -0.05) is 6.07 Å². The lowest BCUT2D eigenvalue weighted by Crippen LogP contribution is -2.46. The monoisotopic (exact) mass is 393 g/mol. The number of hydrogen-bond acceptors (Lipinski definition) is 7. The Bertz CT molecular complexity index is 820. The maximum Gasteiger partial charge on any atom is 0.247 e. The van der Waals surface area contributed by atoms with Gasteiger partial charge in [0, 0.05) is 12.6 Å². The van der Waals surface area contributed by atoms with E-state index in [2.05, 4.69) is 0 Å². The molecule has 1 saturated heterocycles. The molecule has 8 nitrogen and oxygen atoms in total. The number of nitrogens with zero attached hydrogens (tertiary/aromatic N) is 1. The molecule has 0 radical (unpaired) electrons. The Morgan fingerprint density at radius 1 is 1.40 bits per heavy atom. The molecule has 142 valence electrons. The second-order valence-corrected chi connectivity index (χ2v) is 10.2. The van der Waals surface area contributed by atoms with Gasteiger partial charge in [-0.3, -0.25) is 0 Å². The van der Waals surface area contributed by atoms with Crippen molar-refractivity contribution >= 4 is 19.9 Å². The van der Waals surface area contributed by atoms with Crippen LogP contribution in [0, 0.1) is 6.92 Å². The maximum atomic E-state index is 13.2. The molecule has 0 bridgehead atoms. The molecule has 1 aliphatic rings. The van der Waals surface area contributed by atoms with E-state index in [-0.39, 0.29) is 28.6 Å². The zero-order valence-corrected chi connectivity index (χ0v) is 15.8. The van der Waals surface area contributed by atoms with Gasteiger partial charge in [-0.25, -0.2) is 16.8 Å². The molecular weight excluding hydrogens is 370 g/mol. The van der Waals surface area contributed by atoms with Gasteiger partial charge in [-0.15, -0.1) is 0 Å². The molecule has 0 aliphatic carbocycles. The summed E-state index contributed by atoms with van der Waals surface area (Å²) in [6.07, 6.45) is -1.16. The summed E-state index contributed by atoms with van der Waals surface area (Å²) < 4.78 is 56.0.